The second kappa shape index (κ2) is 5.48. The number of benzene rings is 1. The molecule has 2 bridgehead atoms. The number of anilines is 1. The van der Waals surface area contributed by atoms with Crippen LogP contribution < -0.4 is 4.90 Å². The second-order valence-electron chi connectivity index (χ2n) is 8.01. The number of hydrogen-bond donors (Lipinski definition) is 2. The molecule has 3 heterocycles. The summed E-state index contributed by atoms with van der Waals surface area (Å²) in [6.45, 7) is 3.30. The number of rotatable bonds is 1. The molecule has 158 valence electrons. The molecule has 4 rings (SSSR count). The van der Waals surface area contributed by atoms with E-state index in [1.807, 2.05) is 0 Å². The number of fused-ring (bicyclic) bond motifs is 5. The quantitative estimate of drug-likeness (QED) is 0.400. The van der Waals surface area contributed by atoms with Crippen molar-refractivity contribution in [3.8, 4) is 0 Å². The summed E-state index contributed by atoms with van der Waals surface area (Å²) in [7, 11) is 0. The molecule has 3 aliphatic rings. The van der Waals surface area contributed by atoms with Gasteiger partial charge in [0.15, 0.2) is 6.17 Å². The van der Waals surface area contributed by atoms with Gasteiger partial charge in [-0.2, -0.15) is 13.2 Å². The van der Waals surface area contributed by atoms with Crippen LogP contribution in [0.25, 0.3) is 0 Å². The van der Waals surface area contributed by atoms with Crippen molar-refractivity contribution in [3.05, 3.63) is 28.3 Å². The van der Waals surface area contributed by atoms with Gasteiger partial charge in [-0.15, -0.1) is 0 Å². The molecule has 2 amide bonds. The monoisotopic (exact) mass is 437 g/mol. The summed E-state index contributed by atoms with van der Waals surface area (Å²) in [4.78, 5) is 26.7. The van der Waals surface area contributed by atoms with Crippen LogP contribution in [0.15, 0.2) is 12.1 Å². The van der Waals surface area contributed by atoms with Crippen molar-refractivity contribution in [3.63, 3.8) is 0 Å². The summed E-state index contributed by atoms with van der Waals surface area (Å²) >= 11 is 5.67. The molecule has 0 unspecified atom stereocenters. The smallest absolute Gasteiger partial charge is 0.361 e. The van der Waals surface area contributed by atoms with Crippen molar-refractivity contribution in [2.75, 3.05) is 4.90 Å². The van der Waals surface area contributed by atoms with Crippen LogP contribution in [-0.4, -0.2) is 45.2 Å². The Morgan fingerprint density at radius 3 is 2.24 bits per heavy atom. The topological polar surface area (TPSA) is 87.1 Å². The highest BCUT2D eigenvalue weighted by Gasteiger charge is 2.85. The van der Waals surface area contributed by atoms with E-state index in [0.29, 0.717) is 4.90 Å². The number of halogens is 5. The summed E-state index contributed by atoms with van der Waals surface area (Å²) < 4.78 is 60.4. The Morgan fingerprint density at radius 2 is 1.69 bits per heavy atom. The minimum Gasteiger partial charge on any atom is -0.361 e. The molecule has 1 aromatic carbocycles. The van der Waals surface area contributed by atoms with E-state index in [9.17, 15) is 37.4 Å². The SMILES string of the molecule is Cc1c(N2C(=O)[C@@H]3[C@H](C2=O)[C@]2(C)O[C@@]3(C)C(O)(O)[C@H]2F)ccc(Cl)c1C(F)(F)F. The predicted octanol–water partition coefficient (Wildman–Crippen LogP) is 2.35. The molecule has 0 aliphatic carbocycles. The molecule has 29 heavy (non-hydrogen) atoms. The molecule has 5 atom stereocenters. The van der Waals surface area contributed by atoms with E-state index in [1.54, 1.807) is 0 Å². The fraction of sp³-hybridized carbons (Fsp3) is 0.556. The van der Waals surface area contributed by atoms with Crippen LogP contribution in [0.4, 0.5) is 23.2 Å². The number of hydrogen-bond acceptors (Lipinski definition) is 5. The van der Waals surface area contributed by atoms with E-state index < -0.39 is 69.1 Å². The van der Waals surface area contributed by atoms with E-state index in [4.69, 9.17) is 16.3 Å². The molecular formula is C18H16ClF4NO5. The lowest BCUT2D eigenvalue weighted by Crippen LogP contribution is -2.64. The summed E-state index contributed by atoms with van der Waals surface area (Å²) in [5, 5.41) is 19.9. The van der Waals surface area contributed by atoms with Crippen LogP contribution in [0.1, 0.15) is 25.0 Å². The van der Waals surface area contributed by atoms with Crippen LogP contribution in [0.5, 0.6) is 0 Å². The van der Waals surface area contributed by atoms with Gasteiger partial charge in [0.25, 0.3) is 0 Å². The Balaban J connectivity index is 1.88. The molecule has 3 fully saturated rings. The van der Waals surface area contributed by atoms with Gasteiger partial charge in [-0.05, 0) is 38.5 Å². The van der Waals surface area contributed by atoms with Gasteiger partial charge in [0.2, 0.25) is 17.6 Å². The van der Waals surface area contributed by atoms with Crippen LogP contribution in [0.2, 0.25) is 5.02 Å². The highest BCUT2D eigenvalue weighted by atomic mass is 35.5. The van der Waals surface area contributed by atoms with Crippen molar-refractivity contribution in [2.24, 2.45) is 11.8 Å². The van der Waals surface area contributed by atoms with Gasteiger partial charge in [0.05, 0.1) is 28.1 Å². The van der Waals surface area contributed by atoms with Gasteiger partial charge in [-0.1, -0.05) is 11.6 Å². The van der Waals surface area contributed by atoms with Gasteiger partial charge in [-0.3, -0.25) is 9.59 Å². The van der Waals surface area contributed by atoms with Crippen molar-refractivity contribution < 1.29 is 42.1 Å². The summed E-state index contributed by atoms with van der Waals surface area (Å²) in [5.74, 6) is -7.92. The molecule has 1 aromatic rings. The minimum absolute atomic E-state index is 0.352. The normalized spacial score (nSPS) is 38.1. The highest BCUT2D eigenvalue weighted by molar-refractivity contribution is 6.32. The van der Waals surface area contributed by atoms with Gasteiger partial charge in [0, 0.05) is 0 Å². The summed E-state index contributed by atoms with van der Waals surface area (Å²) in [6, 6.07) is 2.01. The van der Waals surface area contributed by atoms with Crippen molar-refractivity contribution in [2.45, 2.75) is 50.1 Å². The van der Waals surface area contributed by atoms with E-state index in [2.05, 4.69) is 0 Å². The fourth-order valence-corrected chi connectivity index (χ4v) is 5.36. The zero-order valence-electron chi connectivity index (χ0n) is 15.3. The second-order valence-corrected chi connectivity index (χ2v) is 8.42. The first-order valence-corrected chi connectivity index (χ1v) is 9.01. The van der Waals surface area contributed by atoms with E-state index in [0.717, 1.165) is 32.9 Å². The zero-order chi connectivity index (χ0) is 21.9. The maximum absolute atomic E-state index is 14.8. The first kappa shape index (κ1) is 20.5. The van der Waals surface area contributed by atoms with E-state index in [1.165, 1.54) is 0 Å². The molecule has 0 radical (unpaired) electrons. The van der Waals surface area contributed by atoms with Gasteiger partial charge in [-0.25, -0.2) is 9.29 Å². The number of carbonyl (C=O) groups excluding carboxylic acids is 2. The molecule has 3 saturated heterocycles. The molecular weight excluding hydrogens is 422 g/mol. The first-order valence-electron chi connectivity index (χ1n) is 8.63. The Kier molecular flexibility index (Phi) is 3.88. The van der Waals surface area contributed by atoms with Crippen molar-refractivity contribution in [1.29, 1.82) is 0 Å². The lowest BCUT2D eigenvalue weighted by atomic mass is 9.65. The third kappa shape index (κ3) is 2.17. The van der Waals surface area contributed by atoms with E-state index >= 15 is 0 Å². The third-order valence-electron chi connectivity index (χ3n) is 6.45. The lowest BCUT2D eigenvalue weighted by molar-refractivity contribution is -0.266. The van der Waals surface area contributed by atoms with E-state index in [-0.39, 0.29) is 5.69 Å². The van der Waals surface area contributed by atoms with Crippen molar-refractivity contribution >= 4 is 29.1 Å². The first-order chi connectivity index (χ1) is 13.1. The molecule has 0 spiro atoms. The molecule has 2 N–H and O–H groups in total. The maximum atomic E-state index is 14.8. The van der Waals surface area contributed by atoms with Crippen LogP contribution >= 0.6 is 11.6 Å². The number of nitrogens with zero attached hydrogens (tertiary/aromatic N) is 1. The predicted molar refractivity (Wildman–Crippen MR) is 90.6 cm³/mol. The Morgan fingerprint density at radius 1 is 1.14 bits per heavy atom. The number of amides is 2. The van der Waals surface area contributed by atoms with Crippen LogP contribution in [0, 0.1) is 18.8 Å². The van der Waals surface area contributed by atoms with Crippen LogP contribution in [0.3, 0.4) is 0 Å². The molecule has 0 saturated carbocycles. The largest absolute Gasteiger partial charge is 0.418 e. The maximum Gasteiger partial charge on any atom is 0.418 e. The third-order valence-corrected chi connectivity index (χ3v) is 6.76. The fourth-order valence-electron chi connectivity index (χ4n) is 5.05. The van der Waals surface area contributed by atoms with Crippen molar-refractivity contribution in [1.82, 2.24) is 0 Å². The number of carbonyl (C=O) groups is 2. The number of aliphatic hydroxyl groups is 2. The average molecular weight is 438 g/mol. The minimum atomic E-state index is -4.84. The lowest BCUT2D eigenvalue weighted by Gasteiger charge is -2.40. The Labute approximate surface area is 167 Å². The summed E-state index contributed by atoms with van der Waals surface area (Å²) in [6.07, 6.45) is -7.25. The average Bonchev–Trinajstić information content (AvgIpc) is 3.04. The highest BCUT2D eigenvalue weighted by Crippen LogP contribution is 2.65. The number of alkyl halides is 4. The zero-order valence-corrected chi connectivity index (χ0v) is 16.1. The molecule has 6 nitrogen and oxygen atoms in total. The molecule has 11 heteroatoms. The molecule has 0 aromatic heterocycles. The molecule has 3 aliphatic heterocycles. The number of ether oxygens (including phenoxy) is 1. The van der Waals surface area contributed by atoms with Gasteiger partial charge < -0.3 is 14.9 Å². The van der Waals surface area contributed by atoms with Crippen LogP contribution in [-0.2, 0) is 20.5 Å². The Hall–Kier alpha value is -1.75. The number of imide groups is 1. The van der Waals surface area contributed by atoms with Gasteiger partial charge >= 0.3 is 6.18 Å². The Bertz CT molecular complexity index is 966. The standard InChI is InChI=1S/C18H16ClF4NO5/c1-6-8(5-4-7(19)9(6)18(21,22)23)24-12(25)10-11(13(24)26)16(3)17(27,28)14(20)15(10,2)29-16/h4-5,10-11,14,27-28H,1-3H3/t10-,11+,14+,15+,16-/m1/s1. The van der Waals surface area contributed by atoms with Gasteiger partial charge in [0.1, 0.15) is 11.2 Å². The summed E-state index contributed by atoms with van der Waals surface area (Å²) in [5.41, 5.74) is -6.19.